The zero-order valence-corrected chi connectivity index (χ0v) is 14.9. The molecule has 0 saturated carbocycles. The van der Waals surface area contributed by atoms with Crippen molar-refractivity contribution in [3.05, 3.63) is 0 Å². The average Bonchev–Trinajstić information content (AvgIpc) is 2.25. The average molecular weight is 273 g/mol. The van der Waals surface area contributed by atoms with E-state index in [1.54, 1.807) is 0 Å². The second kappa shape index (κ2) is 7.82. The largest absolute Gasteiger partial charge is 0.165 e. The molecule has 0 radical (unpaired) electrons. The summed E-state index contributed by atoms with van der Waals surface area (Å²) in [5.74, 6) is 2.93. The van der Waals surface area contributed by atoms with Crippen LogP contribution >= 0.6 is 11.8 Å². The van der Waals surface area contributed by atoms with Gasteiger partial charge >= 0.3 is 0 Å². The molecule has 0 aromatic rings. The van der Waals surface area contributed by atoms with Gasteiger partial charge in [-0.1, -0.05) is 61.3 Å². The van der Waals surface area contributed by atoms with Crippen molar-refractivity contribution in [2.45, 2.75) is 74.1 Å². The van der Waals surface area contributed by atoms with Gasteiger partial charge in [-0.3, -0.25) is 0 Å². The summed E-state index contributed by atoms with van der Waals surface area (Å²) in [6.07, 6.45) is 7.70. The van der Waals surface area contributed by atoms with Crippen molar-refractivity contribution in [1.29, 1.82) is 0 Å². The van der Waals surface area contributed by atoms with E-state index >= 15 is 0 Å². The van der Waals surface area contributed by atoms with Crippen molar-refractivity contribution in [3.8, 4) is 0 Å². The van der Waals surface area contributed by atoms with E-state index in [9.17, 15) is 0 Å². The molecule has 1 atom stereocenters. The van der Waals surface area contributed by atoms with E-state index in [0.29, 0.717) is 10.8 Å². The fourth-order valence-corrected chi connectivity index (χ4v) is 2.89. The summed E-state index contributed by atoms with van der Waals surface area (Å²) in [7, 11) is 0. The Hall–Kier alpha value is 0.350. The van der Waals surface area contributed by atoms with Crippen LogP contribution < -0.4 is 0 Å². The molecule has 0 aliphatic carbocycles. The minimum absolute atomic E-state index is 0.503. The fraction of sp³-hybridized carbons (Fsp3) is 1.00. The Bertz CT molecular complexity index is 216. The van der Waals surface area contributed by atoms with Crippen LogP contribution in [0.15, 0.2) is 0 Å². The fourth-order valence-electron chi connectivity index (χ4n) is 2.15. The molecule has 0 fully saturated rings. The van der Waals surface area contributed by atoms with Gasteiger partial charge < -0.3 is 0 Å². The van der Waals surface area contributed by atoms with Crippen molar-refractivity contribution >= 4 is 11.8 Å². The molecule has 0 nitrogen and oxygen atoms in total. The maximum atomic E-state index is 2.45. The molecular weight excluding hydrogens is 236 g/mol. The third-order valence-electron chi connectivity index (χ3n) is 5.31. The van der Waals surface area contributed by atoms with Gasteiger partial charge in [-0.15, -0.1) is 0 Å². The van der Waals surface area contributed by atoms with Crippen LogP contribution in [0.1, 0.15) is 74.1 Å². The number of hydrogen-bond acceptors (Lipinski definition) is 1. The summed E-state index contributed by atoms with van der Waals surface area (Å²) in [4.78, 5) is 0. The second-order valence-corrected chi connectivity index (χ2v) is 8.65. The van der Waals surface area contributed by atoms with E-state index in [2.05, 4.69) is 54.7 Å². The van der Waals surface area contributed by atoms with E-state index in [1.807, 2.05) is 11.8 Å². The Kier molecular flexibility index (Phi) is 7.97. The molecule has 0 rings (SSSR count). The van der Waals surface area contributed by atoms with Crippen LogP contribution in [0.3, 0.4) is 0 Å². The first-order chi connectivity index (χ1) is 8.13. The van der Waals surface area contributed by atoms with Crippen molar-refractivity contribution in [1.82, 2.24) is 0 Å². The molecule has 0 spiro atoms. The highest BCUT2D eigenvalue weighted by Crippen LogP contribution is 2.37. The van der Waals surface area contributed by atoms with E-state index in [4.69, 9.17) is 0 Å². The van der Waals surface area contributed by atoms with Gasteiger partial charge in [-0.25, -0.2) is 0 Å². The molecule has 0 saturated heterocycles. The molecule has 0 aliphatic rings. The lowest BCUT2D eigenvalue weighted by molar-refractivity contribution is 0.178. The van der Waals surface area contributed by atoms with Gasteiger partial charge in [0.05, 0.1) is 0 Å². The molecule has 0 bridgehead atoms. The predicted octanol–water partition coefficient (Wildman–Crippen LogP) is 6.25. The molecule has 1 heteroatoms. The van der Waals surface area contributed by atoms with Crippen molar-refractivity contribution < 1.29 is 0 Å². The third-order valence-corrected chi connectivity index (χ3v) is 5.92. The Morgan fingerprint density at radius 3 is 1.89 bits per heavy atom. The Morgan fingerprint density at radius 2 is 1.44 bits per heavy atom. The topological polar surface area (TPSA) is 0 Å². The molecule has 1 unspecified atom stereocenters. The van der Waals surface area contributed by atoms with Crippen molar-refractivity contribution in [2.75, 3.05) is 12.0 Å². The minimum atomic E-state index is 0.503. The van der Waals surface area contributed by atoms with Crippen molar-refractivity contribution in [2.24, 2.45) is 22.7 Å². The zero-order valence-electron chi connectivity index (χ0n) is 14.1. The molecule has 0 aliphatic heterocycles. The van der Waals surface area contributed by atoms with Crippen LogP contribution in [0.2, 0.25) is 0 Å². The highest BCUT2D eigenvalue weighted by molar-refractivity contribution is 7.98. The molecule has 0 aromatic carbocycles. The number of rotatable bonds is 9. The van der Waals surface area contributed by atoms with E-state index in [0.717, 1.165) is 11.8 Å². The summed E-state index contributed by atoms with van der Waals surface area (Å²) < 4.78 is 0. The molecule has 0 N–H and O–H groups in total. The van der Waals surface area contributed by atoms with Crippen LogP contribution in [-0.2, 0) is 0 Å². The molecule has 0 aromatic heterocycles. The van der Waals surface area contributed by atoms with Gasteiger partial charge in [0.2, 0.25) is 0 Å². The summed E-state index contributed by atoms with van der Waals surface area (Å²) in [5.41, 5.74) is 1.01. The van der Waals surface area contributed by atoms with Crippen LogP contribution in [0.4, 0.5) is 0 Å². The smallest absolute Gasteiger partial charge is 0.00651 e. The van der Waals surface area contributed by atoms with Crippen LogP contribution in [0, 0.1) is 22.7 Å². The maximum Gasteiger partial charge on any atom is -0.00651 e. The SMILES string of the molecule is CSCCC(C)(C)C(C)CCCC(C)(C)C(C)C. The van der Waals surface area contributed by atoms with Gasteiger partial charge in [0.15, 0.2) is 0 Å². The van der Waals surface area contributed by atoms with Gasteiger partial charge in [-0.2, -0.15) is 11.8 Å². The maximum absolute atomic E-state index is 2.45. The first-order valence-corrected chi connectivity index (χ1v) is 9.02. The predicted molar refractivity (Wildman–Crippen MR) is 88.4 cm³/mol. The third kappa shape index (κ3) is 6.50. The van der Waals surface area contributed by atoms with Gasteiger partial charge in [0.1, 0.15) is 0 Å². The van der Waals surface area contributed by atoms with E-state index in [-0.39, 0.29) is 0 Å². The number of thioether (sulfide) groups is 1. The quantitative estimate of drug-likeness (QED) is 0.478. The van der Waals surface area contributed by atoms with E-state index < -0.39 is 0 Å². The molecule has 110 valence electrons. The highest BCUT2D eigenvalue weighted by Gasteiger charge is 2.27. The summed E-state index contributed by atoms with van der Waals surface area (Å²) in [5, 5.41) is 0. The Balaban J connectivity index is 4.06. The summed E-state index contributed by atoms with van der Waals surface area (Å²) >= 11 is 1.98. The molecule has 0 amide bonds. The Labute approximate surface area is 121 Å². The zero-order chi connectivity index (χ0) is 14.4. The first kappa shape index (κ1) is 18.4. The standard InChI is InChI=1S/C17H36S/c1-14(2)16(4,5)11-9-10-15(3)17(6,7)12-13-18-8/h14-15H,9-13H2,1-8H3. The van der Waals surface area contributed by atoms with Gasteiger partial charge in [-0.05, 0) is 47.5 Å². The van der Waals surface area contributed by atoms with Gasteiger partial charge in [0, 0.05) is 0 Å². The monoisotopic (exact) mass is 272 g/mol. The first-order valence-electron chi connectivity index (χ1n) is 7.62. The highest BCUT2D eigenvalue weighted by atomic mass is 32.2. The molecule has 18 heavy (non-hydrogen) atoms. The van der Waals surface area contributed by atoms with Crippen molar-refractivity contribution in [3.63, 3.8) is 0 Å². The minimum Gasteiger partial charge on any atom is -0.165 e. The Morgan fingerprint density at radius 1 is 0.889 bits per heavy atom. The number of hydrogen-bond donors (Lipinski definition) is 0. The van der Waals surface area contributed by atoms with Crippen LogP contribution in [0.5, 0.6) is 0 Å². The molecule has 0 heterocycles. The lowest BCUT2D eigenvalue weighted by Gasteiger charge is -2.34. The van der Waals surface area contributed by atoms with Crippen LogP contribution in [0.25, 0.3) is 0 Å². The summed E-state index contributed by atoms with van der Waals surface area (Å²) in [6.45, 7) is 16.9. The normalized spacial score (nSPS) is 15.2. The van der Waals surface area contributed by atoms with Crippen LogP contribution in [-0.4, -0.2) is 12.0 Å². The molecular formula is C17H36S. The van der Waals surface area contributed by atoms with Gasteiger partial charge in [0.25, 0.3) is 0 Å². The second-order valence-electron chi connectivity index (χ2n) is 7.67. The lowest BCUT2D eigenvalue weighted by atomic mass is 9.72. The lowest BCUT2D eigenvalue weighted by Crippen LogP contribution is -2.24. The summed E-state index contributed by atoms with van der Waals surface area (Å²) in [6, 6.07) is 0. The van der Waals surface area contributed by atoms with E-state index in [1.165, 1.54) is 31.4 Å².